The molecule has 0 aliphatic carbocycles. The quantitative estimate of drug-likeness (QED) is 0.378. The molecule has 156 valence electrons. The zero-order valence-electron chi connectivity index (χ0n) is 17.5. The van der Waals surface area contributed by atoms with Gasteiger partial charge in [0, 0.05) is 17.5 Å². The number of amides is 1. The fourth-order valence-corrected chi connectivity index (χ4v) is 4.75. The molecule has 4 aromatic rings. The van der Waals surface area contributed by atoms with Crippen molar-refractivity contribution in [3.05, 3.63) is 132 Å². The fraction of sp³-hybridized carbons (Fsp3) is 0.107. The molecule has 1 saturated heterocycles. The van der Waals surface area contributed by atoms with Crippen LogP contribution in [0.4, 0.5) is 11.4 Å². The Morgan fingerprint density at radius 3 is 1.97 bits per heavy atom. The minimum Gasteiger partial charge on any atom is -0.298 e. The van der Waals surface area contributed by atoms with Crippen molar-refractivity contribution in [1.82, 2.24) is 0 Å². The van der Waals surface area contributed by atoms with Crippen LogP contribution >= 0.6 is 0 Å². The second kappa shape index (κ2) is 7.36. The molecule has 4 aromatic carbocycles. The van der Waals surface area contributed by atoms with Gasteiger partial charge in [-0.1, -0.05) is 91.0 Å². The van der Waals surface area contributed by atoms with Gasteiger partial charge in [-0.15, -0.1) is 0 Å². The van der Waals surface area contributed by atoms with E-state index in [1.807, 2.05) is 101 Å². The van der Waals surface area contributed by atoms with Gasteiger partial charge in [0.25, 0.3) is 5.91 Å². The smallest absolute Gasteiger partial charge is 0.258 e. The van der Waals surface area contributed by atoms with Crippen LogP contribution in [0.1, 0.15) is 33.9 Å². The Balaban J connectivity index is 1.56. The molecule has 0 radical (unpaired) electrons. The maximum Gasteiger partial charge on any atom is 0.258 e. The third-order valence-electron chi connectivity index (χ3n) is 6.33. The molecule has 2 heterocycles. The molecule has 2 unspecified atom stereocenters. The summed E-state index contributed by atoms with van der Waals surface area (Å²) >= 11 is 0. The standard InChI is InChI=1S/C28H22N2O2/c31-27(22-14-6-2-7-15-22)29-24-18-10-11-19-25(24)30-28(32-30,23-16-8-3-9-17-23)20-26(29)21-12-4-1-5-13-21/h1-19,26H,20H2. The lowest BCUT2D eigenvalue weighted by atomic mass is 9.92. The van der Waals surface area contributed by atoms with Crippen LogP contribution in [0.25, 0.3) is 0 Å². The number of fused-ring (bicyclic) bond motifs is 3. The van der Waals surface area contributed by atoms with Gasteiger partial charge in [-0.25, -0.2) is 9.90 Å². The van der Waals surface area contributed by atoms with E-state index in [0.717, 1.165) is 22.5 Å². The van der Waals surface area contributed by atoms with Crippen molar-refractivity contribution >= 4 is 17.3 Å². The Kier molecular flexibility index (Phi) is 4.33. The van der Waals surface area contributed by atoms with E-state index in [1.54, 1.807) is 0 Å². The van der Waals surface area contributed by atoms with Crippen LogP contribution in [-0.4, -0.2) is 5.91 Å². The summed E-state index contributed by atoms with van der Waals surface area (Å²) in [7, 11) is 0. The third kappa shape index (κ3) is 2.92. The maximum absolute atomic E-state index is 13.9. The summed E-state index contributed by atoms with van der Waals surface area (Å²) in [4.78, 5) is 22.2. The Labute approximate surface area is 187 Å². The summed E-state index contributed by atoms with van der Waals surface area (Å²) < 4.78 is 0. The van der Waals surface area contributed by atoms with Gasteiger partial charge >= 0.3 is 0 Å². The molecule has 4 heteroatoms. The first kappa shape index (κ1) is 18.8. The predicted molar refractivity (Wildman–Crippen MR) is 125 cm³/mol. The number of para-hydroxylation sites is 2. The first-order valence-electron chi connectivity index (χ1n) is 10.9. The first-order valence-corrected chi connectivity index (χ1v) is 10.9. The van der Waals surface area contributed by atoms with Gasteiger partial charge in [-0.05, 0) is 29.8 Å². The molecule has 0 N–H and O–H groups in total. The van der Waals surface area contributed by atoms with E-state index in [9.17, 15) is 4.79 Å². The minimum absolute atomic E-state index is 0.0161. The summed E-state index contributed by atoms with van der Waals surface area (Å²) in [6, 6.07) is 37.8. The van der Waals surface area contributed by atoms with Crippen LogP contribution in [0.2, 0.25) is 0 Å². The Bertz CT molecular complexity index is 1260. The number of hydroxylamine groups is 1. The lowest BCUT2D eigenvalue weighted by molar-refractivity contribution is 0.0970. The fourth-order valence-electron chi connectivity index (χ4n) is 4.75. The largest absolute Gasteiger partial charge is 0.298 e. The number of carbonyl (C=O) groups is 1. The van der Waals surface area contributed by atoms with Crippen molar-refractivity contribution in [2.24, 2.45) is 0 Å². The molecule has 32 heavy (non-hydrogen) atoms. The normalized spacial score (nSPS) is 21.3. The molecule has 4 nitrogen and oxygen atoms in total. The summed E-state index contributed by atoms with van der Waals surface area (Å²) in [6.45, 7) is 0. The number of nitrogens with zero attached hydrogens (tertiary/aromatic N) is 2. The van der Waals surface area contributed by atoms with E-state index in [4.69, 9.17) is 4.84 Å². The molecule has 1 amide bonds. The predicted octanol–water partition coefficient (Wildman–Crippen LogP) is 6.08. The monoisotopic (exact) mass is 418 g/mol. The number of benzene rings is 4. The first-order chi connectivity index (χ1) is 15.8. The van der Waals surface area contributed by atoms with Gasteiger partial charge < -0.3 is 0 Å². The van der Waals surface area contributed by atoms with Gasteiger partial charge in [0.15, 0.2) is 0 Å². The number of hydrogen-bond acceptors (Lipinski definition) is 3. The van der Waals surface area contributed by atoms with E-state index in [1.165, 1.54) is 0 Å². The van der Waals surface area contributed by atoms with Gasteiger partial charge in [-0.2, -0.15) is 0 Å². The second-order valence-electron chi connectivity index (χ2n) is 8.20. The van der Waals surface area contributed by atoms with Crippen LogP contribution in [0, 0.1) is 0 Å². The topological polar surface area (TPSA) is 35.9 Å². The summed E-state index contributed by atoms with van der Waals surface area (Å²) in [5.74, 6) is -0.0161. The molecule has 2 atom stereocenters. The van der Waals surface area contributed by atoms with E-state index >= 15 is 0 Å². The van der Waals surface area contributed by atoms with Crippen molar-refractivity contribution in [3.63, 3.8) is 0 Å². The molecule has 0 aromatic heterocycles. The van der Waals surface area contributed by atoms with Crippen LogP contribution in [0.5, 0.6) is 0 Å². The van der Waals surface area contributed by atoms with Crippen LogP contribution in [0.3, 0.4) is 0 Å². The highest BCUT2D eigenvalue weighted by atomic mass is 16.9. The zero-order valence-corrected chi connectivity index (χ0v) is 17.5. The molecule has 2 aliphatic rings. The maximum atomic E-state index is 13.9. The molecule has 0 bridgehead atoms. The van der Waals surface area contributed by atoms with Gasteiger partial charge in [0.1, 0.15) is 0 Å². The summed E-state index contributed by atoms with van der Waals surface area (Å²) in [6.07, 6.45) is 0.619. The Hall–Kier alpha value is -3.89. The minimum atomic E-state index is -0.608. The van der Waals surface area contributed by atoms with Crippen molar-refractivity contribution < 1.29 is 9.63 Å². The molecular weight excluding hydrogens is 396 g/mol. The number of hydrogen-bond donors (Lipinski definition) is 0. The molecule has 0 spiro atoms. The number of anilines is 2. The van der Waals surface area contributed by atoms with Gasteiger partial charge in [-0.3, -0.25) is 9.69 Å². The lowest BCUT2D eigenvalue weighted by Crippen LogP contribution is -2.36. The van der Waals surface area contributed by atoms with Gasteiger partial charge in [0.2, 0.25) is 5.72 Å². The SMILES string of the molecule is O=C(c1ccccc1)N1c2ccccc2N2OC2(c2ccccc2)CC1c1ccccc1. The van der Waals surface area contributed by atoms with E-state index in [0.29, 0.717) is 12.0 Å². The van der Waals surface area contributed by atoms with Crippen molar-refractivity contribution in [1.29, 1.82) is 0 Å². The van der Waals surface area contributed by atoms with Crippen LogP contribution in [0.15, 0.2) is 115 Å². The van der Waals surface area contributed by atoms with E-state index in [-0.39, 0.29) is 11.9 Å². The molecule has 6 rings (SSSR count). The molecule has 0 saturated carbocycles. The highest BCUT2D eigenvalue weighted by Gasteiger charge is 2.61. The van der Waals surface area contributed by atoms with Crippen LogP contribution < -0.4 is 9.96 Å². The number of rotatable bonds is 3. The van der Waals surface area contributed by atoms with E-state index < -0.39 is 5.72 Å². The summed E-state index contributed by atoms with van der Waals surface area (Å²) in [5, 5.41) is 1.96. The highest BCUT2D eigenvalue weighted by Crippen LogP contribution is 2.59. The average Bonchev–Trinajstić information content (AvgIpc) is 3.61. The average molecular weight is 418 g/mol. The Morgan fingerprint density at radius 1 is 0.719 bits per heavy atom. The Morgan fingerprint density at radius 2 is 1.28 bits per heavy atom. The third-order valence-corrected chi connectivity index (χ3v) is 6.33. The molecular formula is C28H22N2O2. The lowest BCUT2D eigenvalue weighted by Gasteiger charge is -2.32. The van der Waals surface area contributed by atoms with E-state index in [2.05, 4.69) is 24.3 Å². The van der Waals surface area contributed by atoms with Crippen molar-refractivity contribution in [2.75, 3.05) is 9.96 Å². The zero-order chi connectivity index (χ0) is 21.5. The van der Waals surface area contributed by atoms with Crippen molar-refractivity contribution in [2.45, 2.75) is 18.2 Å². The second-order valence-corrected chi connectivity index (χ2v) is 8.20. The van der Waals surface area contributed by atoms with Crippen LogP contribution in [-0.2, 0) is 10.6 Å². The summed E-state index contributed by atoms with van der Waals surface area (Å²) in [5.41, 5.74) is 3.99. The van der Waals surface area contributed by atoms with Gasteiger partial charge in [0.05, 0.1) is 17.4 Å². The highest BCUT2D eigenvalue weighted by molar-refractivity contribution is 6.08. The number of carbonyl (C=O) groups excluding carboxylic acids is 1. The molecule has 2 aliphatic heterocycles. The van der Waals surface area contributed by atoms with Crippen molar-refractivity contribution in [3.8, 4) is 0 Å². The molecule has 1 fully saturated rings.